The number of nitrogens with zero attached hydrogens (tertiary/aromatic N) is 3. The van der Waals surface area contributed by atoms with Crippen LogP contribution in [0.3, 0.4) is 0 Å². The fraction of sp³-hybridized carbons (Fsp3) is 0.591. The third-order valence-corrected chi connectivity index (χ3v) is 6.48. The summed E-state index contributed by atoms with van der Waals surface area (Å²) in [4.78, 5) is 40.9. The lowest BCUT2D eigenvalue weighted by atomic mass is 9.95. The van der Waals surface area contributed by atoms with E-state index in [1.165, 1.54) is 18.5 Å². The first-order chi connectivity index (χ1) is 14.6. The highest BCUT2D eigenvalue weighted by Gasteiger charge is 2.27. The molecule has 1 atom stereocenters. The van der Waals surface area contributed by atoms with Crippen LogP contribution in [0.15, 0.2) is 24.3 Å². The minimum atomic E-state index is -0.358. The molecule has 0 spiro atoms. The number of amides is 3. The average molecular weight is 414 g/mol. The molecule has 0 aromatic heterocycles. The van der Waals surface area contributed by atoms with Crippen molar-refractivity contribution in [1.29, 1.82) is 0 Å². The molecule has 0 bridgehead atoms. The molecule has 8 nitrogen and oxygen atoms in total. The minimum Gasteiger partial charge on any atom is -0.374 e. The highest BCUT2D eigenvalue weighted by molar-refractivity contribution is 6.01. The molecule has 1 aromatic rings. The molecule has 0 radical (unpaired) electrons. The molecule has 30 heavy (non-hydrogen) atoms. The van der Waals surface area contributed by atoms with E-state index in [4.69, 9.17) is 0 Å². The maximum atomic E-state index is 12.0. The monoisotopic (exact) mass is 413 g/mol. The van der Waals surface area contributed by atoms with E-state index in [-0.39, 0.29) is 17.9 Å². The van der Waals surface area contributed by atoms with Crippen molar-refractivity contribution in [1.82, 2.24) is 15.1 Å². The van der Waals surface area contributed by atoms with E-state index < -0.39 is 0 Å². The van der Waals surface area contributed by atoms with Crippen LogP contribution in [-0.4, -0.2) is 79.9 Å². The van der Waals surface area contributed by atoms with Gasteiger partial charge in [0.05, 0.1) is 0 Å². The lowest BCUT2D eigenvalue weighted by molar-refractivity contribution is -0.133. The number of anilines is 2. The molecule has 162 valence electrons. The smallest absolute Gasteiger partial charge is 0.249 e. The van der Waals surface area contributed by atoms with Crippen LogP contribution >= 0.6 is 0 Å². The molecular weight excluding hydrogens is 382 g/mol. The van der Waals surface area contributed by atoms with Crippen molar-refractivity contribution < 1.29 is 14.4 Å². The molecule has 0 aliphatic carbocycles. The normalized spacial score (nSPS) is 23.9. The first kappa shape index (κ1) is 20.7. The molecule has 4 rings (SSSR count). The van der Waals surface area contributed by atoms with Crippen LogP contribution in [0.25, 0.3) is 0 Å². The Morgan fingerprint density at radius 1 is 1.03 bits per heavy atom. The fourth-order valence-corrected chi connectivity index (χ4v) is 4.62. The van der Waals surface area contributed by atoms with E-state index in [0.29, 0.717) is 18.8 Å². The second-order valence-corrected chi connectivity index (χ2v) is 8.57. The zero-order valence-electron chi connectivity index (χ0n) is 17.4. The summed E-state index contributed by atoms with van der Waals surface area (Å²) < 4.78 is 0. The minimum absolute atomic E-state index is 0.194. The maximum Gasteiger partial charge on any atom is 0.249 e. The Balaban J connectivity index is 1.26. The maximum absolute atomic E-state index is 12.0. The SMILES string of the molecule is O=CN1CCN(CC2CCN(c3cccc(NC4CCC(=O)NC4=O)c3)CC2)CC1. The Hall–Kier alpha value is -2.61. The lowest BCUT2D eigenvalue weighted by Gasteiger charge is -2.38. The van der Waals surface area contributed by atoms with Gasteiger partial charge in [0, 0.05) is 63.6 Å². The second kappa shape index (κ2) is 9.47. The van der Waals surface area contributed by atoms with Gasteiger partial charge in [-0.3, -0.25) is 24.6 Å². The zero-order chi connectivity index (χ0) is 20.9. The molecule has 0 saturated carbocycles. The number of benzene rings is 1. The van der Waals surface area contributed by atoms with E-state index in [9.17, 15) is 14.4 Å². The summed E-state index contributed by atoms with van der Waals surface area (Å²) in [6.45, 7) is 6.82. The Bertz CT molecular complexity index is 770. The van der Waals surface area contributed by atoms with Crippen molar-refractivity contribution in [3.8, 4) is 0 Å². The molecule has 1 aromatic carbocycles. The Morgan fingerprint density at radius 2 is 1.80 bits per heavy atom. The number of piperidine rings is 2. The van der Waals surface area contributed by atoms with Gasteiger partial charge in [-0.05, 0) is 43.4 Å². The Kier molecular flexibility index (Phi) is 6.52. The predicted molar refractivity (Wildman–Crippen MR) is 115 cm³/mol. The first-order valence-electron chi connectivity index (χ1n) is 11.0. The summed E-state index contributed by atoms with van der Waals surface area (Å²) >= 11 is 0. The molecule has 1 unspecified atom stereocenters. The van der Waals surface area contributed by atoms with Gasteiger partial charge in [-0.1, -0.05) is 6.07 Å². The number of imide groups is 1. The summed E-state index contributed by atoms with van der Waals surface area (Å²) in [7, 11) is 0. The summed E-state index contributed by atoms with van der Waals surface area (Å²) in [6.07, 6.45) is 4.19. The molecule has 3 aliphatic heterocycles. The van der Waals surface area contributed by atoms with Crippen molar-refractivity contribution >= 4 is 29.6 Å². The summed E-state index contributed by atoms with van der Waals surface area (Å²) in [5.41, 5.74) is 2.09. The Morgan fingerprint density at radius 3 is 2.50 bits per heavy atom. The van der Waals surface area contributed by atoms with E-state index >= 15 is 0 Å². The van der Waals surface area contributed by atoms with Crippen LogP contribution in [0.5, 0.6) is 0 Å². The van der Waals surface area contributed by atoms with Crippen molar-refractivity contribution in [3.05, 3.63) is 24.3 Å². The van der Waals surface area contributed by atoms with E-state index in [0.717, 1.165) is 57.9 Å². The van der Waals surface area contributed by atoms with Crippen LogP contribution in [0.2, 0.25) is 0 Å². The van der Waals surface area contributed by atoms with Crippen molar-refractivity contribution in [3.63, 3.8) is 0 Å². The quantitative estimate of drug-likeness (QED) is 0.532. The van der Waals surface area contributed by atoms with Gasteiger partial charge in [0.2, 0.25) is 18.2 Å². The molecule has 3 saturated heterocycles. The molecule has 2 N–H and O–H groups in total. The summed E-state index contributed by atoms with van der Waals surface area (Å²) in [6, 6.07) is 7.85. The third kappa shape index (κ3) is 5.11. The van der Waals surface area contributed by atoms with Gasteiger partial charge in [0.1, 0.15) is 6.04 Å². The van der Waals surface area contributed by atoms with E-state index in [2.05, 4.69) is 32.6 Å². The highest BCUT2D eigenvalue weighted by atomic mass is 16.2. The van der Waals surface area contributed by atoms with Crippen molar-refractivity contribution in [2.75, 3.05) is 56.0 Å². The van der Waals surface area contributed by atoms with Crippen molar-refractivity contribution in [2.24, 2.45) is 5.92 Å². The number of nitrogens with one attached hydrogen (secondary N) is 2. The van der Waals surface area contributed by atoms with Crippen LogP contribution < -0.4 is 15.5 Å². The summed E-state index contributed by atoms with van der Waals surface area (Å²) in [5, 5.41) is 5.67. The average Bonchev–Trinajstić information content (AvgIpc) is 2.77. The number of hydrogen-bond acceptors (Lipinski definition) is 6. The number of carbonyl (C=O) groups is 3. The lowest BCUT2D eigenvalue weighted by Crippen LogP contribution is -2.48. The topological polar surface area (TPSA) is 85.0 Å². The van der Waals surface area contributed by atoms with Crippen LogP contribution in [0.1, 0.15) is 25.7 Å². The van der Waals surface area contributed by atoms with Gasteiger partial charge in [-0.25, -0.2) is 0 Å². The molecule has 8 heteroatoms. The van der Waals surface area contributed by atoms with E-state index in [1.54, 1.807) is 0 Å². The Labute approximate surface area is 177 Å². The molecule has 3 amide bonds. The molecule has 3 heterocycles. The van der Waals surface area contributed by atoms with Gasteiger partial charge in [-0.2, -0.15) is 0 Å². The van der Waals surface area contributed by atoms with Crippen molar-refractivity contribution in [2.45, 2.75) is 31.7 Å². The van der Waals surface area contributed by atoms with Gasteiger partial charge in [0.25, 0.3) is 0 Å². The fourth-order valence-electron chi connectivity index (χ4n) is 4.62. The van der Waals surface area contributed by atoms with Gasteiger partial charge in [-0.15, -0.1) is 0 Å². The molecular formula is C22H31N5O3. The second-order valence-electron chi connectivity index (χ2n) is 8.57. The standard InChI is InChI=1S/C22H31N5O3/c28-16-26-12-10-25(11-13-26)15-17-6-8-27(9-7-17)19-3-1-2-18(14-19)23-20-4-5-21(29)24-22(20)30/h1-3,14,16-17,20,23H,4-13,15H2,(H,24,29,30). The van der Waals surface area contributed by atoms with Crippen LogP contribution in [0, 0.1) is 5.92 Å². The predicted octanol–water partition coefficient (Wildman–Crippen LogP) is 0.894. The van der Waals surface area contributed by atoms with Gasteiger partial charge >= 0.3 is 0 Å². The molecule has 3 fully saturated rings. The van der Waals surface area contributed by atoms with Gasteiger partial charge < -0.3 is 15.1 Å². The highest BCUT2D eigenvalue weighted by Crippen LogP contribution is 2.27. The number of rotatable bonds is 6. The molecule has 3 aliphatic rings. The number of piperazine rings is 1. The zero-order valence-corrected chi connectivity index (χ0v) is 17.4. The number of carbonyl (C=O) groups excluding carboxylic acids is 3. The largest absolute Gasteiger partial charge is 0.374 e. The number of hydrogen-bond donors (Lipinski definition) is 2. The first-order valence-corrected chi connectivity index (χ1v) is 11.0. The third-order valence-electron chi connectivity index (χ3n) is 6.48. The van der Waals surface area contributed by atoms with Crippen LogP contribution in [-0.2, 0) is 14.4 Å². The summed E-state index contributed by atoms with van der Waals surface area (Å²) in [5.74, 6) is 0.264. The van der Waals surface area contributed by atoms with Crippen LogP contribution in [0.4, 0.5) is 11.4 Å². The van der Waals surface area contributed by atoms with Gasteiger partial charge in [0.15, 0.2) is 0 Å². The van der Waals surface area contributed by atoms with E-state index in [1.807, 2.05) is 17.0 Å².